The lowest BCUT2D eigenvalue weighted by Crippen LogP contribution is -2.28. The van der Waals surface area contributed by atoms with E-state index in [2.05, 4.69) is 29.0 Å². The van der Waals surface area contributed by atoms with Crippen molar-refractivity contribution in [2.24, 2.45) is 5.73 Å². The molecule has 0 aliphatic rings. The lowest BCUT2D eigenvalue weighted by Gasteiger charge is -2.20. The molecule has 0 aliphatic heterocycles. The SMILES string of the molecule is CCN(CC)c1ccc(NC(=O)C(N)c2ccc(C)cc2)cn1.Cl.Cl. The van der Waals surface area contributed by atoms with Gasteiger partial charge in [-0.2, -0.15) is 0 Å². The van der Waals surface area contributed by atoms with Crippen LogP contribution in [0.25, 0.3) is 0 Å². The third-order valence-corrected chi connectivity index (χ3v) is 3.82. The Bertz CT molecular complexity index is 643. The molecule has 0 spiro atoms. The van der Waals surface area contributed by atoms with Gasteiger partial charge in [0.25, 0.3) is 0 Å². The fourth-order valence-electron chi connectivity index (χ4n) is 2.34. The number of nitrogens with two attached hydrogens (primary N) is 1. The molecule has 0 saturated carbocycles. The quantitative estimate of drug-likeness (QED) is 0.795. The number of halogens is 2. The molecule has 7 heteroatoms. The molecule has 3 N–H and O–H groups in total. The van der Waals surface area contributed by atoms with Crippen molar-refractivity contribution < 1.29 is 4.79 Å². The van der Waals surface area contributed by atoms with Gasteiger partial charge in [0, 0.05) is 13.1 Å². The highest BCUT2D eigenvalue weighted by Gasteiger charge is 2.16. The number of benzene rings is 1. The van der Waals surface area contributed by atoms with Crippen molar-refractivity contribution in [1.82, 2.24) is 4.98 Å². The molecule has 1 heterocycles. The largest absolute Gasteiger partial charge is 0.357 e. The Labute approximate surface area is 161 Å². The van der Waals surface area contributed by atoms with Crippen molar-refractivity contribution in [2.75, 3.05) is 23.3 Å². The summed E-state index contributed by atoms with van der Waals surface area (Å²) >= 11 is 0. The predicted molar refractivity (Wildman–Crippen MR) is 109 cm³/mol. The minimum atomic E-state index is -0.696. The zero-order valence-corrected chi connectivity index (χ0v) is 16.4. The number of rotatable bonds is 6. The van der Waals surface area contributed by atoms with E-state index in [4.69, 9.17) is 5.73 Å². The average molecular weight is 385 g/mol. The number of nitrogens with one attached hydrogen (secondary N) is 1. The molecule has 0 bridgehead atoms. The second-order valence-corrected chi connectivity index (χ2v) is 5.45. The van der Waals surface area contributed by atoms with Crippen LogP contribution in [0.15, 0.2) is 42.6 Å². The number of pyridine rings is 1. The van der Waals surface area contributed by atoms with Gasteiger partial charge >= 0.3 is 0 Å². The van der Waals surface area contributed by atoms with Gasteiger partial charge in [-0.15, -0.1) is 24.8 Å². The van der Waals surface area contributed by atoms with E-state index < -0.39 is 6.04 Å². The van der Waals surface area contributed by atoms with E-state index in [1.54, 1.807) is 6.20 Å². The van der Waals surface area contributed by atoms with Crippen molar-refractivity contribution in [2.45, 2.75) is 26.8 Å². The highest BCUT2D eigenvalue weighted by atomic mass is 35.5. The number of carbonyl (C=O) groups is 1. The standard InChI is InChI=1S/C18H24N4O.2ClH/c1-4-22(5-2)16-11-10-15(12-20-16)21-18(23)17(19)14-8-6-13(3)7-9-14;;/h6-12,17H,4-5,19H2,1-3H3,(H,21,23);2*1H. The molecular weight excluding hydrogens is 359 g/mol. The first kappa shape index (κ1) is 23.2. The number of aryl methyl sites for hydroxylation is 1. The fraction of sp³-hybridized carbons (Fsp3) is 0.333. The normalized spacial score (nSPS) is 10.9. The van der Waals surface area contributed by atoms with E-state index in [9.17, 15) is 4.79 Å². The van der Waals surface area contributed by atoms with E-state index in [1.165, 1.54) is 0 Å². The van der Waals surface area contributed by atoms with Crippen molar-refractivity contribution in [1.29, 1.82) is 0 Å². The number of aromatic nitrogens is 1. The molecule has 0 radical (unpaired) electrons. The van der Waals surface area contributed by atoms with Gasteiger partial charge in [-0.05, 0) is 38.5 Å². The number of hydrogen-bond donors (Lipinski definition) is 2. The molecule has 1 unspecified atom stereocenters. The third-order valence-electron chi connectivity index (χ3n) is 3.82. The summed E-state index contributed by atoms with van der Waals surface area (Å²) in [5, 5.41) is 2.81. The van der Waals surface area contributed by atoms with Gasteiger partial charge in [-0.25, -0.2) is 4.98 Å². The Morgan fingerprint density at radius 2 is 1.72 bits per heavy atom. The number of anilines is 2. The molecule has 2 rings (SSSR count). The second kappa shape index (κ2) is 10.9. The van der Waals surface area contributed by atoms with Gasteiger partial charge in [-0.1, -0.05) is 29.8 Å². The summed E-state index contributed by atoms with van der Waals surface area (Å²) in [4.78, 5) is 18.8. The van der Waals surface area contributed by atoms with E-state index in [1.807, 2.05) is 43.3 Å². The number of nitrogens with zero attached hydrogens (tertiary/aromatic N) is 2. The highest BCUT2D eigenvalue weighted by Crippen LogP contribution is 2.17. The van der Waals surface area contributed by atoms with Crippen LogP contribution in [0, 0.1) is 6.92 Å². The Hall–Kier alpha value is -1.82. The summed E-state index contributed by atoms with van der Waals surface area (Å²) in [5.74, 6) is 0.655. The van der Waals surface area contributed by atoms with E-state index in [-0.39, 0.29) is 30.7 Å². The molecule has 138 valence electrons. The van der Waals surface area contributed by atoms with Crippen LogP contribution in [0.5, 0.6) is 0 Å². The lowest BCUT2D eigenvalue weighted by atomic mass is 10.1. The van der Waals surface area contributed by atoms with Gasteiger partial charge in [-0.3, -0.25) is 4.79 Å². The van der Waals surface area contributed by atoms with Crippen LogP contribution in [-0.4, -0.2) is 24.0 Å². The van der Waals surface area contributed by atoms with Crippen LogP contribution in [0.3, 0.4) is 0 Å². The zero-order valence-electron chi connectivity index (χ0n) is 14.7. The second-order valence-electron chi connectivity index (χ2n) is 5.45. The Morgan fingerprint density at radius 1 is 1.12 bits per heavy atom. The molecule has 25 heavy (non-hydrogen) atoms. The van der Waals surface area contributed by atoms with Crippen molar-refractivity contribution in [3.63, 3.8) is 0 Å². The maximum atomic E-state index is 12.3. The number of hydrogen-bond acceptors (Lipinski definition) is 4. The third kappa shape index (κ3) is 6.20. The number of carbonyl (C=O) groups excluding carboxylic acids is 1. The molecule has 2 aromatic rings. The van der Waals surface area contributed by atoms with Crippen LogP contribution in [0.2, 0.25) is 0 Å². The fourth-order valence-corrected chi connectivity index (χ4v) is 2.34. The maximum Gasteiger partial charge on any atom is 0.245 e. The topological polar surface area (TPSA) is 71.2 Å². The predicted octanol–water partition coefficient (Wildman–Crippen LogP) is 3.72. The summed E-state index contributed by atoms with van der Waals surface area (Å²) in [7, 11) is 0. The highest BCUT2D eigenvalue weighted by molar-refractivity contribution is 5.95. The summed E-state index contributed by atoms with van der Waals surface area (Å²) in [6.45, 7) is 7.96. The molecule has 1 amide bonds. The lowest BCUT2D eigenvalue weighted by molar-refractivity contribution is -0.117. The van der Waals surface area contributed by atoms with Crippen LogP contribution >= 0.6 is 24.8 Å². The van der Waals surface area contributed by atoms with Gasteiger partial charge < -0.3 is 16.0 Å². The van der Waals surface area contributed by atoms with Crippen LogP contribution in [-0.2, 0) is 4.79 Å². The Balaban J connectivity index is 0.00000288. The first-order valence-corrected chi connectivity index (χ1v) is 7.89. The first-order valence-electron chi connectivity index (χ1n) is 7.89. The molecule has 1 atom stereocenters. The van der Waals surface area contributed by atoms with Crippen molar-refractivity contribution in [3.05, 3.63) is 53.7 Å². The van der Waals surface area contributed by atoms with Crippen molar-refractivity contribution in [3.8, 4) is 0 Å². The molecule has 5 nitrogen and oxygen atoms in total. The Morgan fingerprint density at radius 3 is 2.20 bits per heavy atom. The average Bonchev–Trinajstić information content (AvgIpc) is 2.57. The summed E-state index contributed by atoms with van der Waals surface area (Å²) in [6, 6.07) is 10.7. The molecule has 1 aromatic carbocycles. The van der Waals surface area contributed by atoms with Gasteiger partial charge in [0.1, 0.15) is 11.9 Å². The first-order chi connectivity index (χ1) is 11.0. The van der Waals surface area contributed by atoms with Gasteiger partial charge in [0.2, 0.25) is 5.91 Å². The van der Waals surface area contributed by atoms with Gasteiger partial charge in [0.15, 0.2) is 0 Å². The van der Waals surface area contributed by atoms with Crippen LogP contribution in [0.1, 0.15) is 31.0 Å². The van der Waals surface area contributed by atoms with E-state index in [0.717, 1.165) is 30.0 Å². The Kier molecular flexibility index (Phi) is 10.1. The van der Waals surface area contributed by atoms with E-state index >= 15 is 0 Å². The number of amides is 1. The maximum absolute atomic E-state index is 12.3. The zero-order chi connectivity index (χ0) is 16.8. The van der Waals surface area contributed by atoms with Crippen molar-refractivity contribution >= 4 is 42.2 Å². The van der Waals surface area contributed by atoms with Gasteiger partial charge in [0.05, 0.1) is 11.9 Å². The summed E-state index contributed by atoms with van der Waals surface area (Å²) in [5.41, 5.74) is 8.59. The smallest absolute Gasteiger partial charge is 0.245 e. The monoisotopic (exact) mass is 384 g/mol. The molecule has 1 aromatic heterocycles. The van der Waals surface area contributed by atoms with E-state index in [0.29, 0.717) is 5.69 Å². The molecule has 0 saturated heterocycles. The summed E-state index contributed by atoms with van der Waals surface area (Å²) in [6.07, 6.45) is 1.66. The van der Waals surface area contributed by atoms with Crippen LogP contribution in [0.4, 0.5) is 11.5 Å². The molecule has 0 fully saturated rings. The molecule has 0 aliphatic carbocycles. The minimum Gasteiger partial charge on any atom is -0.357 e. The minimum absolute atomic E-state index is 0. The summed E-state index contributed by atoms with van der Waals surface area (Å²) < 4.78 is 0. The van der Waals surface area contributed by atoms with Crippen LogP contribution < -0.4 is 16.0 Å². The molecular formula is C18H26Cl2N4O.